The second-order valence-corrected chi connectivity index (χ2v) is 5.76. The standard InChI is InChI=1S/C14H19BrN4O/c1-10-6-5-7-11(15)12(10)17-14(20)18-13(16)19-8-3-2-4-9-19/h5-7H,2-4,8-9H2,1H3,(H3,16,17,18,20). The van der Waals surface area contributed by atoms with Crippen molar-refractivity contribution in [2.45, 2.75) is 26.2 Å². The van der Waals surface area contributed by atoms with Gasteiger partial charge in [0.1, 0.15) is 0 Å². The Morgan fingerprint density at radius 1 is 1.30 bits per heavy atom. The van der Waals surface area contributed by atoms with Gasteiger partial charge in [-0.2, -0.15) is 0 Å². The average Bonchev–Trinajstić information content (AvgIpc) is 2.44. The van der Waals surface area contributed by atoms with Crippen molar-refractivity contribution in [2.24, 2.45) is 0 Å². The van der Waals surface area contributed by atoms with Crippen molar-refractivity contribution in [3.63, 3.8) is 0 Å². The average molecular weight is 339 g/mol. The van der Waals surface area contributed by atoms with E-state index in [1.807, 2.05) is 30.0 Å². The zero-order chi connectivity index (χ0) is 14.5. The molecule has 0 saturated carbocycles. The molecule has 20 heavy (non-hydrogen) atoms. The molecule has 5 nitrogen and oxygen atoms in total. The van der Waals surface area contributed by atoms with E-state index >= 15 is 0 Å². The molecule has 108 valence electrons. The highest BCUT2D eigenvalue weighted by Gasteiger charge is 2.16. The van der Waals surface area contributed by atoms with Gasteiger partial charge in [0.05, 0.1) is 5.69 Å². The highest BCUT2D eigenvalue weighted by Crippen LogP contribution is 2.25. The summed E-state index contributed by atoms with van der Waals surface area (Å²) in [6.07, 6.45) is 3.36. The normalized spacial score (nSPS) is 14.8. The fourth-order valence-electron chi connectivity index (χ4n) is 2.24. The molecule has 0 aliphatic carbocycles. The Balaban J connectivity index is 1.93. The molecule has 0 aromatic heterocycles. The number of amides is 2. The van der Waals surface area contributed by atoms with Crippen molar-refractivity contribution in [3.05, 3.63) is 28.2 Å². The van der Waals surface area contributed by atoms with Crippen LogP contribution >= 0.6 is 15.9 Å². The summed E-state index contributed by atoms with van der Waals surface area (Å²) in [5.74, 6) is 0.173. The van der Waals surface area contributed by atoms with Crippen LogP contribution in [0.4, 0.5) is 10.5 Å². The number of para-hydroxylation sites is 1. The molecule has 0 bridgehead atoms. The van der Waals surface area contributed by atoms with E-state index < -0.39 is 0 Å². The maximum Gasteiger partial charge on any atom is 0.326 e. The van der Waals surface area contributed by atoms with Crippen LogP contribution in [0.5, 0.6) is 0 Å². The van der Waals surface area contributed by atoms with Crippen LogP contribution in [0.3, 0.4) is 0 Å². The lowest BCUT2D eigenvalue weighted by atomic mass is 10.1. The Hall–Kier alpha value is -1.56. The van der Waals surface area contributed by atoms with Crippen molar-refractivity contribution in [2.75, 3.05) is 18.4 Å². The summed E-state index contributed by atoms with van der Waals surface area (Å²) in [4.78, 5) is 13.9. The smallest absolute Gasteiger partial charge is 0.326 e. The van der Waals surface area contributed by atoms with Gasteiger partial charge < -0.3 is 10.2 Å². The molecule has 3 N–H and O–H groups in total. The number of halogens is 1. The lowest BCUT2D eigenvalue weighted by Crippen LogP contribution is -2.47. The first-order chi connectivity index (χ1) is 9.58. The summed E-state index contributed by atoms with van der Waals surface area (Å²) in [7, 11) is 0. The largest absolute Gasteiger partial charge is 0.343 e. The SMILES string of the molecule is Cc1cccc(Br)c1NC(=O)NC(=N)N1CCCCC1. The van der Waals surface area contributed by atoms with Crippen LogP contribution in [-0.2, 0) is 0 Å². The number of hydrogen-bond acceptors (Lipinski definition) is 2. The van der Waals surface area contributed by atoms with Gasteiger partial charge in [-0.05, 0) is 53.7 Å². The molecule has 0 unspecified atom stereocenters. The van der Waals surface area contributed by atoms with Crippen LogP contribution in [0.2, 0.25) is 0 Å². The number of likely N-dealkylation sites (tertiary alicyclic amines) is 1. The molecule has 0 atom stereocenters. The number of nitrogens with zero attached hydrogens (tertiary/aromatic N) is 1. The van der Waals surface area contributed by atoms with E-state index in [4.69, 9.17) is 5.41 Å². The van der Waals surface area contributed by atoms with E-state index in [2.05, 4.69) is 26.6 Å². The molecule has 1 saturated heterocycles. The van der Waals surface area contributed by atoms with E-state index in [-0.39, 0.29) is 12.0 Å². The lowest BCUT2D eigenvalue weighted by Gasteiger charge is -2.28. The topological polar surface area (TPSA) is 68.2 Å². The summed E-state index contributed by atoms with van der Waals surface area (Å²) in [6, 6.07) is 5.34. The highest BCUT2D eigenvalue weighted by molar-refractivity contribution is 9.10. The Kier molecular flexibility index (Phi) is 5.00. The number of guanidine groups is 1. The molecule has 0 radical (unpaired) electrons. The van der Waals surface area contributed by atoms with Gasteiger partial charge in [0, 0.05) is 17.6 Å². The molecule has 2 rings (SSSR count). The number of aryl methyl sites for hydroxylation is 1. The fraction of sp³-hybridized carbons (Fsp3) is 0.429. The monoisotopic (exact) mass is 338 g/mol. The number of carbonyl (C=O) groups is 1. The summed E-state index contributed by atoms with van der Waals surface area (Å²) < 4.78 is 0.831. The zero-order valence-electron chi connectivity index (χ0n) is 11.5. The number of carbonyl (C=O) groups excluding carboxylic acids is 1. The van der Waals surface area contributed by atoms with E-state index in [0.29, 0.717) is 0 Å². The highest BCUT2D eigenvalue weighted by atomic mass is 79.9. The summed E-state index contributed by atoms with van der Waals surface area (Å²) in [5.41, 5.74) is 1.70. The molecule has 1 aromatic rings. The number of hydrogen-bond donors (Lipinski definition) is 3. The third-order valence-corrected chi connectivity index (χ3v) is 4.03. The van der Waals surface area contributed by atoms with Crippen molar-refractivity contribution in [1.82, 2.24) is 10.2 Å². The first-order valence-electron chi connectivity index (χ1n) is 6.74. The second kappa shape index (κ2) is 6.74. The van der Waals surface area contributed by atoms with Crippen LogP contribution < -0.4 is 10.6 Å². The minimum Gasteiger partial charge on any atom is -0.343 e. The van der Waals surface area contributed by atoms with Crippen molar-refractivity contribution in [3.8, 4) is 0 Å². The van der Waals surface area contributed by atoms with Crippen molar-refractivity contribution in [1.29, 1.82) is 5.41 Å². The fourth-order valence-corrected chi connectivity index (χ4v) is 2.80. The van der Waals surface area contributed by atoms with Crippen molar-refractivity contribution < 1.29 is 4.79 Å². The van der Waals surface area contributed by atoms with Gasteiger partial charge in [-0.15, -0.1) is 0 Å². The third kappa shape index (κ3) is 3.72. The molecule has 1 aliphatic rings. The maximum absolute atomic E-state index is 12.0. The van der Waals surface area contributed by atoms with Gasteiger partial charge in [-0.1, -0.05) is 12.1 Å². The van der Waals surface area contributed by atoms with E-state index in [1.54, 1.807) is 0 Å². The number of piperidine rings is 1. The van der Waals surface area contributed by atoms with Gasteiger partial charge in [0.15, 0.2) is 5.96 Å². The summed E-state index contributed by atoms with van der Waals surface area (Å²) in [6.45, 7) is 3.61. The molecule has 1 heterocycles. The van der Waals surface area contributed by atoms with Gasteiger partial charge in [-0.25, -0.2) is 4.79 Å². The first-order valence-corrected chi connectivity index (χ1v) is 7.54. The Morgan fingerprint density at radius 3 is 2.65 bits per heavy atom. The Labute approximate surface area is 127 Å². The van der Waals surface area contributed by atoms with E-state index in [9.17, 15) is 4.79 Å². The summed E-state index contributed by atoms with van der Waals surface area (Å²) >= 11 is 3.41. The van der Waals surface area contributed by atoms with Gasteiger partial charge >= 0.3 is 6.03 Å². The number of rotatable bonds is 1. The molecular formula is C14H19BrN4O. The Morgan fingerprint density at radius 2 is 2.00 bits per heavy atom. The van der Waals surface area contributed by atoms with E-state index in [1.165, 1.54) is 6.42 Å². The van der Waals surface area contributed by atoms with Gasteiger partial charge in [-0.3, -0.25) is 10.7 Å². The minimum absolute atomic E-state index is 0.173. The molecule has 0 spiro atoms. The van der Waals surface area contributed by atoms with Gasteiger partial charge in [0.25, 0.3) is 0 Å². The van der Waals surface area contributed by atoms with Crippen LogP contribution in [0, 0.1) is 12.3 Å². The molecule has 6 heteroatoms. The maximum atomic E-state index is 12.0. The predicted octanol–water partition coefficient (Wildman–Crippen LogP) is 3.30. The van der Waals surface area contributed by atoms with Crippen LogP contribution in [0.25, 0.3) is 0 Å². The molecule has 1 aliphatic heterocycles. The molecule has 1 fully saturated rings. The number of anilines is 1. The lowest BCUT2D eigenvalue weighted by molar-refractivity contribution is 0.253. The minimum atomic E-state index is -0.379. The second-order valence-electron chi connectivity index (χ2n) is 4.91. The van der Waals surface area contributed by atoms with E-state index in [0.717, 1.165) is 41.7 Å². The van der Waals surface area contributed by atoms with Crippen LogP contribution in [-0.4, -0.2) is 30.0 Å². The van der Waals surface area contributed by atoms with Crippen LogP contribution in [0.1, 0.15) is 24.8 Å². The first kappa shape index (κ1) is 14.8. The van der Waals surface area contributed by atoms with Gasteiger partial charge in [0.2, 0.25) is 0 Å². The summed E-state index contributed by atoms with van der Waals surface area (Å²) in [5, 5.41) is 13.3. The molecular weight excluding hydrogens is 320 g/mol. The number of benzene rings is 1. The molecule has 1 aromatic carbocycles. The predicted molar refractivity (Wildman–Crippen MR) is 84.2 cm³/mol. The number of urea groups is 1. The van der Waals surface area contributed by atoms with Crippen molar-refractivity contribution >= 4 is 33.6 Å². The quantitative estimate of drug-likeness (QED) is 0.543. The van der Waals surface area contributed by atoms with Crippen LogP contribution in [0.15, 0.2) is 22.7 Å². The Bertz CT molecular complexity index is 492. The zero-order valence-corrected chi connectivity index (χ0v) is 13.1. The third-order valence-electron chi connectivity index (χ3n) is 3.36. The molecule has 2 amide bonds. The number of nitrogens with one attached hydrogen (secondary N) is 3.